The Kier molecular flexibility index (Phi) is 5.72. The van der Waals surface area contributed by atoms with Gasteiger partial charge in [0.2, 0.25) is 0 Å². The van der Waals surface area contributed by atoms with Crippen LogP contribution in [-0.2, 0) is 11.3 Å². The molecule has 2 heterocycles. The van der Waals surface area contributed by atoms with Gasteiger partial charge in [-0.25, -0.2) is 0 Å². The first-order valence-electron chi connectivity index (χ1n) is 11.2. The van der Waals surface area contributed by atoms with Crippen molar-refractivity contribution in [2.45, 2.75) is 20.4 Å². The molecule has 5 heteroatoms. The summed E-state index contributed by atoms with van der Waals surface area (Å²) >= 11 is 6.13. The number of aromatic nitrogens is 1. The number of thiocarbonyl (C=S) groups is 1. The maximum Gasteiger partial charge on any atom is 0.117 e. The van der Waals surface area contributed by atoms with Crippen LogP contribution in [0.4, 0.5) is 0 Å². The zero-order valence-corrected chi connectivity index (χ0v) is 19.4. The molecule has 32 heavy (non-hydrogen) atoms. The van der Waals surface area contributed by atoms with E-state index in [2.05, 4.69) is 59.7 Å². The normalized spacial score (nSPS) is 14.9. The molecule has 0 atom stereocenters. The van der Waals surface area contributed by atoms with Gasteiger partial charge in [0.25, 0.3) is 0 Å². The Morgan fingerprint density at radius 3 is 2.47 bits per heavy atom. The van der Waals surface area contributed by atoms with Crippen molar-refractivity contribution < 1.29 is 9.84 Å². The third-order valence-corrected chi connectivity index (χ3v) is 7.09. The van der Waals surface area contributed by atoms with Crippen LogP contribution in [0.5, 0.6) is 5.75 Å². The van der Waals surface area contributed by atoms with E-state index < -0.39 is 0 Å². The summed E-state index contributed by atoms with van der Waals surface area (Å²) in [5.74, 6) is 0.279. The molecule has 3 aromatic carbocycles. The highest BCUT2D eigenvalue weighted by atomic mass is 32.1. The quantitative estimate of drug-likeness (QED) is 0.338. The molecule has 0 radical (unpaired) electrons. The summed E-state index contributed by atoms with van der Waals surface area (Å²) in [5.41, 5.74) is 5.61. The number of ether oxygens (including phenoxy) is 1. The lowest BCUT2D eigenvalue weighted by atomic mass is 9.94. The molecule has 1 saturated heterocycles. The third-order valence-electron chi connectivity index (χ3n) is 6.67. The van der Waals surface area contributed by atoms with Gasteiger partial charge >= 0.3 is 0 Å². The molecular weight excluding hydrogens is 416 g/mol. The zero-order chi connectivity index (χ0) is 22.2. The van der Waals surface area contributed by atoms with Gasteiger partial charge in [-0.2, -0.15) is 0 Å². The Morgan fingerprint density at radius 1 is 0.938 bits per heavy atom. The first kappa shape index (κ1) is 21.1. The Balaban J connectivity index is 1.61. The van der Waals surface area contributed by atoms with E-state index in [9.17, 15) is 5.11 Å². The summed E-state index contributed by atoms with van der Waals surface area (Å²) in [4.78, 5) is 3.29. The van der Waals surface area contributed by atoms with Gasteiger partial charge in [0.15, 0.2) is 0 Å². The fraction of sp³-hybridized carbons (Fsp3) is 0.296. The van der Waals surface area contributed by atoms with E-state index in [1.54, 1.807) is 6.07 Å². The lowest BCUT2D eigenvalue weighted by molar-refractivity contribution is 0.0365. The number of phenols is 1. The van der Waals surface area contributed by atoms with E-state index in [0.29, 0.717) is 0 Å². The SMILES string of the molecule is Cc1ccc(C(=S)c2c(C)n(CCN3CCOCC3)c3cc(O)ccc23)c2ccccc12. The van der Waals surface area contributed by atoms with Crippen LogP contribution in [-0.4, -0.2) is 52.3 Å². The van der Waals surface area contributed by atoms with Crippen molar-refractivity contribution in [3.8, 4) is 5.75 Å². The number of hydrogen-bond acceptors (Lipinski definition) is 4. The van der Waals surface area contributed by atoms with Crippen LogP contribution in [0.1, 0.15) is 22.4 Å². The van der Waals surface area contributed by atoms with E-state index in [-0.39, 0.29) is 5.75 Å². The van der Waals surface area contributed by atoms with E-state index in [0.717, 1.165) is 72.0 Å². The molecule has 0 bridgehead atoms. The minimum absolute atomic E-state index is 0.279. The number of benzene rings is 3. The number of hydrogen-bond donors (Lipinski definition) is 1. The lowest BCUT2D eigenvalue weighted by Gasteiger charge is -2.27. The highest BCUT2D eigenvalue weighted by molar-refractivity contribution is 7.81. The summed E-state index contributed by atoms with van der Waals surface area (Å²) in [6, 6.07) is 18.4. The standard InChI is InChI=1S/C27H28N2O2S/c1-18-7-9-23(22-6-4-3-5-21(18)22)27(32)26-19(2)29(12-11-28-13-15-31-16-14-28)25-17-20(30)8-10-24(25)26/h3-10,17,30H,11-16H2,1-2H3. The zero-order valence-electron chi connectivity index (χ0n) is 18.6. The molecule has 1 aliphatic heterocycles. The second-order valence-corrected chi connectivity index (χ2v) is 8.98. The van der Waals surface area contributed by atoms with Crippen LogP contribution in [0.3, 0.4) is 0 Å². The molecule has 1 fully saturated rings. The monoisotopic (exact) mass is 444 g/mol. The molecule has 1 aliphatic rings. The van der Waals surface area contributed by atoms with Crippen LogP contribution in [0.25, 0.3) is 21.7 Å². The largest absolute Gasteiger partial charge is 0.508 e. The highest BCUT2D eigenvalue weighted by Gasteiger charge is 2.21. The highest BCUT2D eigenvalue weighted by Crippen LogP contribution is 2.33. The number of rotatable bonds is 5. The maximum atomic E-state index is 10.2. The van der Waals surface area contributed by atoms with E-state index in [4.69, 9.17) is 17.0 Å². The van der Waals surface area contributed by atoms with Crippen molar-refractivity contribution >= 4 is 38.8 Å². The van der Waals surface area contributed by atoms with Crippen molar-refractivity contribution in [3.05, 3.63) is 77.0 Å². The number of fused-ring (bicyclic) bond motifs is 2. The number of phenolic OH excluding ortho intramolecular Hbond substituents is 1. The molecule has 0 unspecified atom stereocenters. The van der Waals surface area contributed by atoms with Gasteiger partial charge in [0.05, 0.1) is 23.6 Å². The Bertz CT molecular complexity index is 1320. The smallest absolute Gasteiger partial charge is 0.117 e. The third kappa shape index (κ3) is 3.71. The van der Waals surface area contributed by atoms with Crippen molar-refractivity contribution in [2.75, 3.05) is 32.8 Å². The van der Waals surface area contributed by atoms with Crippen LogP contribution in [0.2, 0.25) is 0 Å². The average Bonchev–Trinajstić information content (AvgIpc) is 3.08. The van der Waals surface area contributed by atoms with Gasteiger partial charge in [-0.1, -0.05) is 48.6 Å². The van der Waals surface area contributed by atoms with Crippen LogP contribution < -0.4 is 0 Å². The second-order valence-electron chi connectivity index (χ2n) is 8.57. The van der Waals surface area contributed by atoms with Gasteiger partial charge < -0.3 is 14.4 Å². The predicted molar refractivity (Wildman–Crippen MR) is 135 cm³/mol. The first-order chi connectivity index (χ1) is 15.5. The summed E-state index contributed by atoms with van der Waals surface area (Å²) < 4.78 is 7.80. The van der Waals surface area contributed by atoms with Gasteiger partial charge in [0, 0.05) is 54.5 Å². The molecule has 5 rings (SSSR count). The van der Waals surface area contributed by atoms with Gasteiger partial charge in [-0.05, 0) is 42.3 Å². The Morgan fingerprint density at radius 2 is 1.69 bits per heavy atom. The predicted octanol–water partition coefficient (Wildman–Crippen LogP) is 5.22. The van der Waals surface area contributed by atoms with E-state index in [1.807, 2.05) is 12.1 Å². The molecule has 1 N–H and O–H groups in total. The summed E-state index contributed by atoms with van der Waals surface area (Å²) in [5, 5.41) is 13.7. The van der Waals surface area contributed by atoms with Crippen molar-refractivity contribution in [1.82, 2.24) is 9.47 Å². The van der Waals surface area contributed by atoms with Crippen molar-refractivity contribution in [3.63, 3.8) is 0 Å². The second kappa shape index (κ2) is 8.66. The van der Waals surface area contributed by atoms with Crippen molar-refractivity contribution in [1.29, 1.82) is 0 Å². The molecule has 1 aromatic heterocycles. The maximum absolute atomic E-state index is 10.2. The number of aryl methyl sites for hydroxylation is 1. The summed E-state index contributed by atoms with van der Waals surface area (Å²) in [6.07, 6.45) is 0. The average molecular weight is 445 g/mol. The topological polar surface area (TPSA) is 37.6 Å². The van der Waals surface area contributed by atoms with Crippen LogP contribution in [0, 0.1) is 13.8 Å². The molecule has 4 aromatic rings. The van der Waals surface area contributed by atoms with E-state index in [1.165, 1.54) is 16.3 Å². The van der Waals surface area contributed by atoms with Gasteiger partial charge in [-0.3, -0.25) is 4.90 Å². The summed E-state index contributed by atoms with van der Waals surface area (Å²) in [6.45, 7) is 9.60. The Labute approximate surface area is 194 Å². The van der Waals surface area contributed by atoms with Crippen LogP contribution >= 0.6 is 12.2 Å². The Hall–Kier alpha value is -2.73. The number of aromatic hydroxyl groups is 1. The number of nitrogens with zero attached hydrogens (tertiary/aromatic N) is 2. The summed E-state index contributed by atoms with van der Waals surface area (Å²) in [7, 11) is 0. The minimum Gasteiger partial charge on any atom is -0.508 e. The molecule has 0 spiro atoms. The molecule has 0 amide bonds. The molecular formula is C27H28N2O2S. The molecule has 164 valence electrons. The fourth-order valence-corrected chi connectivity index (χ4v) is 5.32. The lowest BCUT2D eigenvalue weighted by Crippen LogP contribution is -2.38. The molecule has 0 saturated carbocycles. The molecule has 0 aliphatic carbocycles. The minimum atomic E-state index is 0.279. The van der Waals surface area contributed by atoms with E-state index >= 15 is 0 Å². The van der Waals surface area contributed by atoms with Crippen molar-refractivity contribution in [2.24, 2.45) is 0 Å². The van der Waals surface area contributed by atoms with Crippen LogP contribution in [0.15, 0.2) is 54.6 Å². The first-order valence-corrected chi connectivity index (χ1v) is 11.6. The fourth-order valence-electron chi connectivity index (χ4n) is 4.89. The molecule has 4 nitrogen and oxygen atoms in total. The van der Waals surface area contributed by atoms with Gasteiger partial charge in [-0.15, -0.1) is 0 Å². The number of morpholine rings is 1. The van der Waals surface area contributed by atoms with Gasteiger partial charge in [0.1, 0.15) is 5.75 Å².